The number of aromatic nitrogens is 1. The Balaban J connectivity index is 1.76. The lowest BCUT2D eigenvalue weighted by molar-refractivity contribution is -0.385. The number of benzene rings is 2. The Morgan fingerprint density at radius 2 is 1.97 bits per heavy atom. The van der Waals surface area contributed by atoms with Gasteiger partial charge in [0.05, 0.1) is 18.1 Å². The van der Waals surface area contributed by atoms with Gasteiger partial charge in [0.1, 0.15) is 5.75 Å². The molecular weight excluding hydrogens is 390 g/mol. The van der Waals surface area contributed by atoms with Gasteiger partial charge in [-0.15, -0.1) is 0 Å². The number of hydrogen-bond acceptors (Lipinski definition) is 4. The van der Waals surface area contributed by atoms with Crippen LogP contribution >= 0.6 is 11.6 Å². The van der Waals surface area contributed by atoms with Crippen molar-refractivity contribution in [2.45, 2.75) is 25.6 Å². The molecule has 7 heteroatoms. The molecule has 6 nitrogen and oxygen atoms in total. The topological polar surface area (TPSA) is 60.5 Å². The highest BCUT2D eigenvalue weighted by atomic mass is 35.5. The molecule has 1 aliphatic heterocycles. The Hall–Kier alpha value is -2.83. The molecule has 150 valence electrons. The van der Waals surface area contributed by atoms with Gasteiger partial charge in [-0.25, -0.2) is 0 Å². The molecular formula is C22H22ClN3O3. The van der Waals surface area contributed by atoms with Gasteiger partial charge in [0.25, 0.3) is 5.69 Å². The number of non-ortho nitro benzene ring substituents is 1. The summed E-state index contributed by atoms with van der Waals surface area (Å²) in [5.41, 5.74) is 3.22. The van der Waals surface area contributed by atoms with Gasteiger partial charge in [-0.2, -0.15) is 0 Å². The average molecular weight is 412 g/mol. The minimum atomic E-state index is -0.368. The fourth-order valence-corrected chi connectivity index (χ4v) is 4.18. The summed E-state index contributed by atoms with van der Waals surface area (Å²) in [5, 5.41) is 12.0. The Labute approximate surface area is 174 Å². The standard InChI is InChI=1S/C22H22ClN3O3/c1-29-21-10-9-19(26(27)28)14-17(21)15-25-13-3-12-24-11-2-4-20(24)22(25)16-5-7-18(23)8-6-16/h2,4-11,14,22H,3,12-13,15H2,1H3/t22-/m0/s1. The fourth-order valence-electron chi connectivity index (χ4n) is 4.06. The number of nitro groups is 1. The lowest BCUT2D eigenvalue weighted by Gasteiger charge is -2.31. The van der Waals surface area contributed by atoms with Gasteiger partial charge in [0, 0.05) is 54.2 Å². The molecule has 1 aromatic heterocycles. The van der Waals surface area contributed by atoms with E-state index < -0.39 is 0 Å². The minimum absolute atomic E-state index is 0.0220. The van der Waals surface area contributed by atoms with Crippen LogP contribution in [0.4, 0.5) is 5.69 Å². The van der Waals surface area contributed by atoms with E-state index in [-0.39, 0.29) is 16.7 Å². The highest BCUT2D eigenvalue weighted by Crippen LogP contribution is 2.35. The molecule has 2 aromatic carbocycles. The first-order chi connectivity index (χ1) is 14.1. The van der Waals surface area contributed by atoms with Gasteiger partial charge in [-0.1, -0.05) is 23.7 Å². The predicted octanol–water partition coefficient (Wildman–Crippen LogP) is 5.05. The summed E-state index contributed by atoms with van der Waals surface area (Å²) in [4.78, 5) is 13.3. The molecule has 0 amide bonds. The SMILES string of the molecule is COc1ccc([N+](=O)[O-])cc1CN1CCCn2cccc2[C@@H]1c1ccc(Cl)cc1. The molecule has 0 aliphatic carbocycles. The quantitative estimate of drug-likeness (QED) is 0.435. The fraction of sp³-hybridized carbons (Fsp3) is 0.273. The van der Waals surface area contributed by atoms with Crippen LogP contribution in [0.2, 0.25) is 5.02 Å². The molecule has 3 aromatic rings. The second-order valence-electron chi connectivity index (χ2n) is 7.16. The lowest BCUT2D eigenvalue weighted by Crippen LogP contribution is -2.29. The van der Waals surface area contributed by atoms with Crippen LogP contribution in [0.15, 0.2) is 60.8 Å². The normalized spacial score (nSPS) is 16.8. The van der Waals surface area contributed by atoms with Crippen LogP contribution in [0.25, 0.3) is 0 Å². The van der Waals surface area contributed by atoms with Crippen molar-refractivity contribution in [1.29, 1.82) is 0 Å². The van der Waals surface area contributed by atoms with Gasteiger partial charge in [-0.3, -0.25) is 15.0 Å². The second-order valence-corrected chi connectivity index (χ2v) is 7.59. The zero-order chi connectivity index (χ0) is 20.4. The summed E-state index contributed by atoms with van der Waals surface area (Å²) >= 11 is 6.12. The molecule has 0 saturated carbocycles. The largest absolute Gasteiger partial charge is 0.496 e. The molecule has 1 aliphatic rings. The molecule has 0 fully saturated rings. The van der Waals surface area contributed by atoms with Crippen LogP contribution in [-0.4, -0.2) is 28.0 Å². The van der Waals surface area contributed by atoms with Crippen LogP contribution < -0.4 is 4.74 Å². The van der Waals surface area contributed by atoms with E-state index in [0.29, 0.717) is 17.3 Å². The lowest BCUT2D eigenvalue weighted by atomic mass is 10.0. The van der Waals surface area contributed by atoms with Gasteiger partial charge < -0.3 is 9.30 Å². The molecule has 29 heavy (non-hydrogen) atoms. The van der Waals surface area contributed by atoms with Crippen LogP contribution in [0, 0.1) is 10.1 Å². The average Bonchev–Trinajstić information content (AvgIpc) is 3.10. The van der Waals surface area contributed by atoms with Crippen molar-refractivity contribution in [3.8, 4) is 5.75 Å². The molecule has 0 radical (unpaired) electrons. The Morgan fingerprint density at radius 1 is 1.17 bits per heavy atom. The van der Waals surface area contributed by atoms with E-state index in [1.54, 1.807) is 19.2 Å². The number of ether oxygens (including phenoxy) is 1. The highest BCUT2D eigenvalue weighted by molar-refractivity contribution is 6.30. The third kappa shape index (κ3) is 3.99. The monoisotopic (exact) mass is 411 g/mol. The Kier molecular flexibility index (Phi) is 5.56. The molecule has 0 saturated heterocycles. The summed E-state index contributed by atoms with van der Waals surface area (Å²) < 4.78 is 7.77. The number of nitro benzene ring substituents is 1. The summed E-state index contributed by atoms with van der Waals surface area (Å²) in [6, 6.07) is 16.9. The van der Waals surface area contributed by atoms with Crippen molar-refractivity contribution in [2.75, 3.05) is 13.7 Å². The number of methoxy groups -OCH3 is 1. The van der Waals surface area contributed by atoms with Crippen molar-refractivity contribution in [3.05, 3.63) is 92.8 Å². The molecule has 4 rings (SSSR count). The summed E-state index contributed by atoms with van der Waals surface area (Å²) in [5.74, 6) is 0.657. The number of hydrogen-bond donors (Lipinski definition) is 0. The zero-order valence-electron chi connectivity index (χ0n) is 16.1. The predicted molar refractivity (Wildman–Crippen MR) is 112 cm³/mol. The van der Waals surface area contributed by atoms with Crippen molar-refractivity contribution < 1.29 is 9.66 Å². The summed E-state index contributed by atoms with van der Waals surface area (Å²) in [7, 11) is 1.59. The van der Waals surface area contributed by atoms with Gasteiger partial charge in [-0.05, 0) is 42.3 Å². The maximum absolute atomic E-state index is 11.3. The zero-order valence-corrected chi connectivity index (χ0v) is 16.9. The van der Waals surface area contributed by atoms with Crippen molar-refractivity contribution >= 4 is 17.3 Å². The molecule has 0 bridgehead atoms. The van der Waals surface area contributed by atoms with E-state index >= 15 is 0 Å². The third-order valence-electron chi connectivity index (χ3n) is 5.39. The van der Waals surface area contributed by atoms with Crippen molar-refractivity contribution in [3.63, 3.8) is 0 Å². The van der Waals surface area contributed by atoms with E-state index in [9.17, 15) is 10.1 Å². The minimum Gasteiger partial charge on any atom is -0.496 e. The molecule has 1 atom stereocenters. The number of nitrogens with zero attached hydrogens (tertiary/aromatic N) is 3. The van der Waals surface area contributed by atoms with E-state index in [2.05, 4.69) is 27.8 Å². The van der Waals surface area contributed by atoms with Crippen LogP contribution in [0.5, 0.6) is 5.75 Å². The first kappa shape index (κ1) is 19.5. The summed E-state index contributed by atoms with van der Waals surface area (Å²) in [6.45, 7) is 2.35. The number of rotatable bonds is 5. The van der Waals surface area contributed by atoms with Gasteiger partial charge in [0.2, 0.25) is 0 Å². The molecule has 0 unspecified atom stereocenters. The Bertz CT molecular complexity index is 1020. The van der Waals surface area contributed by atoms with E-state index in [4.69, 9.17) is 16.3 Å². The third-order valence-corrected chi connectivity index (χ3v) is 5.64. The first-order valence-corrected chi connectivity index (χ1v) is 9.90. The number of halogens is 1. The molecule has 2 heterocycles. The number of aryl methyl sites for hydroxylation is 1. The number of fused-ring (bicyclic) bond motifs is 1. The van der Waals surface area contributed by atoms with Gasteiger partial charge in [0.15, 0.2) is 0 Å². The summed E-state index contributed by atoms with van der Waals surface area (Å²) in [6.07, 6.45) is 3.10. The maximum atomic E-state index is 11.3. The first-order valence-electron chi connectivity index (χ1n) is 9.52. The Morgan fingerprint density at radius 3 is 2.69 bits per heavy atom. The second kappa shape index (κ2) is 8.27. The highest BCUT2D eigenvalue weighted by Gasteiger charge is 2.28. The molecule has 0 spiro atoms. The van der Waals surface area contributed by atoms with Gasteiger partial charge >= 0.3 is 0 Å². The maximum Gasteiger partial charge on any atom is 0.270 e. The van der Waals surface area contributed by atoms with Crippen LogP contribution in [0.3, 0.4) is 0 Å². The van der Waals surface area contributed by atoms with Crippen molar-refractivity contribution in [2.24, 2.45) is 0 Å². The smallest absolute Gasteiger partial charge is 0.270 e. The van der Waals surface area contributed by atoms with E-state index in [1.165, 1.54) is 11.8 Å². The van der Waals surface area contributed by atoms with Crippen molar-refractivity contribution in [1.82, 2.24) is 9.47 Å². The van der Waals surface area contributed by atoms with E-state index in [1.807, 2.05) is 24.3 Å². The van der Waals surface area contributed by atoms with E-state index in [0.717, 1.165) is 30.6 Å². The van der Waals surface area contributed by atoms with Crippen LogP contribution in [-0.2, 0) is 13.1 Å². The van der Waals surface area contributed by atoms with Crippen LogP contribution in [0.1, 0.15) is 29.3 Å². The molecule has 0 N–H and O–H groups in total.